The number of anilines is 1. The Kier molecular flexibility index (Phi) is 4.51. The minimum atomic E-state index is 0.559. The summed E-state index contributed by atoms with van der Waals surface area (Å²) in [7, 11) is 2.19. The molecule has 3 aromatic rings. The van der Waals surface area contributed by atoms with Gasteiger partial charge in [0, 0.05) is 31.9 Å². The highest BCUT2D eigenvalue weighted by molar-refractivity contribution is 5.44. The van der Waals surface area contributed by atoms with Crippen molar-refractivity contribution in [2.24, 2.45) is 0 Å². The average molecular weight is 338 g/mol. The number of aromatic nitrogens is 6. The van der Waals surface area contributed by atoms with E-state index in [9.17, 15) is 0 Å². The molecule has 1 saturated heterocycles. The summed E-state index contributed by atoms with van der Waals surface area (Å²) in [4.78, 5) is 9.19. The lowest BCUT2D eigenvalue weighted by Gasteiger charge is -2.27. The van der Waals surface area contributed by atoms with Gasteiger partial charge in [-0.15, -0.1) is 14.8 Å². The zero-order valence-corrected chi connectivity index (χ0v) is 14.4. The van der Waals surface area contributed by atoms with E-state index in [1.165, 1.54) is 11.1 Å². The summed E-state index contributed by atoms with van der Waals surface area (Å²) in [5, 5.41) is 16.0. The minimum Gasteiger partial charge on any atom is -0.355 e. The molecule has 1 atom stereocenters. The highest BCUT2D eigenvalue weighted by Gasteiger charge is 2.21. The maximum atomic E-state index is 4.52. The lowest BCUT2D eigenvalue weighted by molar-refractivity contribution is 0.215. The van der Waals surface area contributed by atoms with E-state index in [2.05, 4.69) is 48.5 Å². The summed E-state index contributed by atoms with van der Waals surface area (Å²) in [5.74, 6) is 0.938. The van der Waals surface area contributed by atoms with E-state index in [4.69, 9.17) is 0 Å². The van der Waals surface area contributed by atoms with Gasteiger partial charge in [-0.3, -0.25) is 9.88 Å². The van der Waals surface area contributed by atoms with Crippen molar-refractivity contribution in [3.8, 4) is 0 Å². The van der Waals surface area contributed by atoms with Crippen molar-refractivity contribution in [3.05, 3.63) is 42.2 Å². The Balaban J connectivity index is 1.41. The molecule has 1 aliphatic heterocycles. The molecule has 0 N–H and O–H groups in total. The Bertz CT molecular complexity index is 818. The van der Waals surface area contributed by atoms with Gasteiger partial charge in [0.1, 0.15) is 0 Å². The van der Waals surface area contributed by atoms with Crippen molar-refractivity contribution in [2.45, 2.75) is 31.8 Å². The first-order valence-corrected chi connectivity index (χ1v) is 8.70. The molecule has 4 rings (SSSR count). The van der Waals surface area contributed by atoms with Gasteiger partial charge in [0.05, 0.1) is 5.69 Å². The maximum Gasteiger partial charge on any atom is 0.200 e. The molecular formula is C17H22N8. The van der Waals surface area contributed by atoms with Crippen LogP contribution in [0.15, 0.2) is 36.5 Å². The van der Waals surface area contributed by atoms with Crippen LogP contribution in [0.4, 0.5) is 5.82 Å². The van der Waals surface area contributed by atoms with Crippen LogP contribution in [-0.4, -0.2) is 61.3 Å². The summed E-state index contributed by atoms with van der Waals surface area (Å²) in [6, 6.07) is 10.6. The third-order valence-corrected chi connectivity index (χ3v) is 4.84. The molecule has 0 amide bonds. The maximum absolute atomic E-state index is 4.52. The van der Waals surface area contributed by atoms with Crippen LogP contribution in [0.2, 0.25) is 0 Å². The number of rotatable bonds is 4. The molecule has 0 bridgehead atoms. The van der Waals surface area contributed by atoms with Crippen LogP contribution in [0.3, 0.4) is 0 Å². The lowest BCUT2D eigenvalue weighted by Crippen LogP contribution is -2.33. The monoisotopic (exact) mass is 338 g/mol. The summed E-state index contributed by atoms with van der Waals surface area (Å²) in [5.41, 5.74) is 1.79. The van der Waals surface area contributed by atoms with Crippen LogP contribution in [0.1, 0.15) is 25.0 Å². The van der Waals surface area contributed by atoms with Gasteiger partial charge in [-0.25, -0.2) is 0 Å². The first-order valence-electron chi connectivity index (χ1n) is 8.70. The standard InChI is InChI=1S/C17H22N8/c1-23(13-14-5-2-3-10-18-14)15-6-4-11-24(12-9-15)17-8-7-16-19-21-22-25(16)20-17/h2-3,5,7-8,10,15H,4,6,9,11-13H2,1H3/t15-/m0/s1. The fraction of sp³-hybridized carbons (Fsp3) is 0.471. The van der Waals surface area contributed by atoms with Gasteiger partial charge in [0.2, 0.25) is 0 Å². The molecule has 8 heteroatoms. The third-order valence-electron chi connectivity index (χ3n) is 4.84. The molecule has 4 heterocycles. The highest BCUT2D eigenvalue weighted by Crippen LogP contribution is 2.21. The first-order chi connectivity index (χ1) is 12.3. The first kappa shape index (κ1) is 15.9. The quantitative estimate of drug-likeness (QED) is 0.712. The number of hydrogen-bond donors (Lipinski definition) is 0. The Morgan fingerprint density at radius 3 is 3.00 bits per heavy atom. The molecule has 8 nitrogen and oxygen atoms in total. The normalized spacial score (nSPS) is 18.6. The van der Waals surface area contributed by atoms with Crippen molar-refractivity contribution in [3.63, 3.8) is 0 Å². The van der Waals surface area contributed by atoms with Crippen LogP contribution < -0.4 is 4.90 Å². The fourth-order valence-electron chi connectivity index (χ4n) is 3.43. The van der Waals surface area contributed by atoms with Crippen molar-refractivity contribution in [2.75, 3.05) is 25.0 Å². The van der Waals surface area contributed by atoms with Gasteiger partial charge in [0.25, 0.3) is 0 Å². The molecular weight excluding hydrogens is 316 g/mol. The number of nitrogens with zero attached hydrogens (tertiary/aromatic N) is 8. The topological polar surface area (TPSA) is 75.3 Å². The van der Waals surface area contributed by atoms with Gasteiger partial charge in [0.15, 0.2) is 11.5 Å². The van der Waals surface area contributed by atoms with Gasteiger partial charge in [-0.05, 0) is 61.0 Å². The van der Waals surface area contributed by atoms with Gasteiger partial charge in [-0.1, -0.05) is 6.07 Å². The predicted octanol–water partition coefficient (Wildman–Crippen LogP) is 1.41. The predicted molar refractivity (Wildman–Crippen MR) is 94.1 cm³/mol. The van der Waals surface area contributed by atoms with Crippen molar-refractivity contribution < 1.29 is 0 Å². The SMILES string of the molecule is CN(Cc1ccccn1)[C@H]1CCCN(c2ccc3nnnn3n2)CC1. The minimum absolute atomic E-state index is 0.559. The van der Waals surface area contributed by atoms with Crippen molar-refractivity contribution in [1.29, 1.82) is 0 Å². The van der Waals surface area contributed by atoms with Gasteiger partial charge in [-0.2, -0.15) is 0 Å². The number of fused-ring (bicyclic) bond motifs is 1. The zero-order valence-electron chi connectivity index (χ0n) is 14.4. The van der Waals surface area contributed by atoms with Crippen LogP contribution in [0.5, 0.6) is 0 Å². The molecule has 0 saturated carbocycles. The molecule has 1 aliphatic rings. The molecule has 0 spiro atoms. The summed E-state index contributed by atoms with van der Waals surface area (Å²) in [6.45, 7) is 2.88. The van der Waals surface area contributed by atoms with E-state index in [0.717, 1.165) is 44.0 Å². The highest BCUT2D eigenvalue weighted by atomic mass is 15.6. The number of hydrogen-bond acceptors (Lipinski definition) is 7. The summed E-state index contributed by atoms with van der Waals surface area (Å²) >= 11 is 0. The van der Waals surface area contributed by atoms with E-state index >= 15 is 0 Å². The molecule has 1 fully saturated rings. The second-order valence-corrected chi connectivity index (χ2v) is 6.53. The van der Waals surface area contributed by atoms with Crippen LogP contribution in [0.25, 0.3) is 5.65 Å². The van der Waals surface area contributed by atoms with Crippen LogP contribution in [-0.2, 0) is 6.54 Å². The van der Waals surface area contributed by atoms with Crippen LogP contribution in [0, 0.1) is 0 Å². The molecule has 0 unspecified atom stereocenters. The summed E-state index contributed by atoms with van der Waals surface area (Å²) < 4.78 is 1.49. The second-order valence-electron chi connectivity index (χ2n) is 6.53. The average Bonchev–Trinajstić information content (AvgIpc) is 2.97. The molecule has 3 aromatic heterocycles. The van der Waals surface area contributed by atoms with E-state index < -0.39 is 0 Å². The van der Waals surface area contributed by atoms with Crippen molar-refractivity contribution >= 4 is 11.5 Å². The third kappa shape index (κ3) is 3.58. The lowest BCUT2D eigenvalue weighted by atomic mass is 10.1. The van der Waals surface area contributed by atoms with E-state index in [1.54, 1.807) is 0 Å². The second kappa shape index (κ2) is 7.10. The van der Waals surface area contributed by atoms with Crippen molar-refractivity contribution in [1.82, 2.24) is 35.1 Å². The largest absolute Gasteiger partial charge is 0.355 e. The molecule has 130 valence electrons. The number of pyridine rings is 1. The van der Waals surface area contributed by atoms with E-state index in [-0.39, 0.29) is 0 Å². The zero-order chi connectivity index (χ0) is 17.1. The van der Waals surface area contributed by atoms with Crippen LogP contribution >= 0.6 is 0 Å². The summed E-state index contributed by atoms with van der Waals surface area (Å²) in [6.07, 6.45) is 5.30. The Morgan fingerprint density at radius 2 is 2.12 bits per heavy atom. The van der Waals surface area contributed by atoms with Gasteiger partial charge < -0.3 is 4.90 Å². The smallest absolute Gasteiger partial charge is 0.200 e. The Labute approximate surface area is 146 Å². The van der Waals surface area contributed by atoms with E-state index in [0.29, 0.717) is 11.7 Å². The molecule has 0 aliphatic carbocycles. The molecule has 25 heavy (non-hydrogen) atoms. The Morgan fingerprint density at radius 1 is 1.16 bits per heavy atom. The van der Waals surface area contributed by atoms with Gasteiger partial charge >= 0.3 is 0 Å². The fourth-order valence-corrected chi connectivity index (χ4v) is 3.43. The molecule has 0 aromatic carbocycles. The van der Waals surface area contributed by atoms with E-state index in [1.807, 2.05) is 30.5 Å². The Hall–Kier alpha value is -2.61. The number of tetrazole rings is 1. The molecule has 0 radical (unpaired) electrons.